The maximum absolute atomic E-state index is 12.8. The lowest BCUT2D eigenvalue weighted by molar-refractivity contribution is 0.0752. The van der Waals surface area contributed by atoms with Crippen LogP contribution in [0.4, 0.5) is 0 Å². The van der Waals surface area contributed by atoms with Gasteiger partial charge >= 0.3 is 0 Å². The number of pyridine rings is 1. The SMILES string of the molecule is CCN(Cc1ccccc1)C(=O)c1cncc(C(=O)N2CCCC2)c1. The predicted octanol–water partition coefficient (Wildman–Crippen LogP) is 2.98. The summed E-state index contributed by atoms with van der Waals surface area (Å²) in [5, 5.41) is 0. The Bertz CT molecular complexity index is 740. The van der Waals surface area contributed by atoms with Crippen LogP contribution in [0.15, 0.2) is 48.8 Å². The second kappa shape index (κ2) is 7.92. The molecule has 0 atom stereocenters. The van der Waals surface area contributed by atoms with E-state index in [0.717, 1.165) is 31.5 Å². The summed E-state index contributed by atoms with van der Waals surface area (Å²) in [4.78, 5) is 33.1. The number of nitrogens with zero attached hydrogens (tertiary/aromatic N) is 3. The molecule has 1 saturated heterocycles. The third kappa shape index (κ3) is 4.05. The molecule has 5 heteroatoms. The molecular weight excluding hydrogens is 314 g/mol. The predicted molar refractivity (Wildman–Crippen MR) is 96.2 cm³/mol. The quantitative estimate of drug-likeness (QED) is 0.843. The van der Waals surface area contributed by atoms with Gasteiger partial charge in [0.25, 0.3) is 11.8 Å². The number of hydrogen-bond donors (Lipinski definition) is 0. The van der Waals surface area contributed by atoms with Crippen molar-refractivity contribution in [3.8, 4) is 0 Å². The topological polar surface area (TPSA) is 53.5 Å². The summed E-state index contributed by atoms with van der Waals surface area (Å²) in [6.07, 6.45) is 5.17. The van der Waals surface area contributed by atoms with Gasteiger partial charge in [0.05, 0.1) is 11.1 Å². The first-order valence-electron chi connectivity index (χ1n) is 8.76. The first kappa shape index (κ1) is 17.1. The van der Waals surface area contributed by atoms with E-state index in [1.165, 1.54) is 6.20 Å². The van der Waals surface area contributed by atoms with Crippen molar-refractivity contribution in [3.63, 3.8) is 0 Å². The molecule has 0 saturated carbocycles. The summed E-state index contributed by atoms with van der Waals surface area (Å²) in [7, 11) is 0. The Labute approximate surface area is 148 Å². The highest BCUT2D eigenvalue weighted by Crippen LogP contribution is 2.15. The first-order valence-corrected chi connectivity index (χ1v) is 8.76. The molecule has 130 valence electrons. The average Bonchev–Trinajstić information content (AvgIpc) is 3.20. The minimum Gasteiger partial charge on any atom is -0.339 e. The van der Waals surface area contributed by atoms with Crippen LogP contribution in [0.25, 0.3) is 0 Å². The van der Waals surface area contributed by atoms with E-state index in [1.807, 2.05) is 42.2 Å². The van der Waals surface area contributed by atoms with Gasteiger partial charge in [0.2, 0.25) is 0 Å². The molecule has 1 aliphatic heterocycles. The van der Waals surface area contributed by atoms with Crippen molar-refractivity contribution in [3.05, 3.63) is 65.5 Å². The number of carbonyl (C=O) groups excluding carboxylic acids is 2. The molecular formula is C20H23N3O2. The van der Waals surface area contributed by atoms with E-state index in [1.54, 1.807) is 17.2 Å². The highest BCUT2D eigenvalue weighted by Gasteiger charge is 2.22. The lowest BCUT2D eigenvalue weighted by Gasteiger charge is -2.21. The fourth-order valence-corrected chi connectivity index (χ4v) is 3.09. The number of amides is 2. The van der Waals surface area contributed by atoms with Crippen LogP contribution in [0, 0.1) is 0 Å². The molecule has 0 bridgehead atoms. The Hall–Kier alpha value is -2.69. The molecule has 25 heavy (non-hydrogen) atoms. The molecule has 5 nitrogen and oxygen atoms in total. The van der Waals surface area contributed by atoms with Crippen LogP contribution in [-0.4, -0.2) is 46.2 Å². The summed E-state index contributed by atoms with van der Waals surface area (Å²) in [6, 6.07) is 11.6. The molecule has 1 aromatic heterocycles. The minimum absolute atomic E-state index is 0.0363. The Balaban J connectivity index is 1.76. The largest absolute Gasteiger partial charge is 0.339 e. The second-order valence-electron chi connectivity index (χ2n) is 6.27. The molecule has 0 N–H and O–H groups in total. The number of hydrogen-bond acceptors (Lipinski definition) is 3. The van der Waals surface area contributed by atoms with E-state index in [-0.39, 0.29) is 11.8 Å². The zero-order valence-corrected chi connectivity index (χ0v) is 14.5. The fraction of sp³-hybridized carbons (Fsp3) is 0.350. The molecule has 0 spiro atoms. The van der Waals surface area contributed by atoms with Crippen molar-refractivity contribution in [2.24, 2.45) is 0 Å². The first-order chi connectivity index (χ1) is 12.2. The van der Waals surface area contributed by atoms with E-state index < -0.39 is 0 Å². The standard InChI is InChI=1S/C20H23N3O2/c1-2-22(15-16-8-4-3-5-9-16)19(24)17-12-18(14-21-13-17)20(25)23-10-6-7-11-23/h3-5,8-9,12-14H,2,6-7,10-11,15H2,1H3. The Morgan fingerprint density at radius 2 is 1.76 bits per heavy atom. The molecule has 1 fully saturated rings. The summed E-state index contributed by atoms with van der Waals surface area (Å²) in [5.41, 5.74) is 2.03. The van der Waals surface area contributed by atoms with E-state index in [0.29, 0.717) is 24.2 Å². The number of carbonyl (C=O) groups is 2. The van der Waals surface area contributed by atoms with Crippen LogP contribution in [0.3, 0.4) is 0 Å². The molecule has 3 rings (SSSR count). The maximum atomic E-state index is 12.8. The lowest BCUT2D eigenvalue weighted by Crippen LogP contribution is -2.31. The van der Waals surface area contributed by atoms with Gasteiger partial charge in [-0.15, -0.1) is 0 Å². The zero-order valence-electron chi connectivity index (χ0n) is 14.5. The maximum Gasteiger partial charge on any atom is 0.255 e. The molecule has 1 aromatic carbocycles. The third-order valence-electron chi connectivity index (χ3n) is 4.51. The number of rotatable bonds is 5. The summed E-state index contributed by atoms with van der Waals surface area (Å²) < 4.78 is 0. The van der Waals surface area contributed by atoms with Gasteiger partial charge in [-0.05, 0) is 31.4 Å². The van der Waals surface area contributed by atoms with Crippen molar-refractivity contribution >= 4 is 11.8 Å². The van der Waals surface area contributed by atoms with E-state index in [2.05, 4.69) is 4.98 Å². The Kier molecular flexibility index (Phi) is 5.43. The zero-order chi connectivity index (χ0) is 17.6. The lowest BCUT2D eigenvalue weighted by atomic mass is 10.1. The van der Waals surface area contributed by atoms with Crippen molar-refractivity contribution < 1.29 is 9.59 Å². The van der Waals surface area contributed by atoms with Crippen molar-refractivity contribution in [2.75, 3.05) is 19.6 Å². The molecule has 1 aliphatic rings. The van der Waals surface area contributed by atoms with Crippen LogP contribution < -0.4 is 0 Å². The molecule has 2 amide bonds. The fourth-order valence-electron chi connectivity index (χ4n) is 3.09. The van der Waals surface area contributed by atoms with Crippen LogP contribution in [0.1, 0.15) is 46.0 Å². The smallest absolute Gasteiger partial charge is 0.255 e. The van der Waals surface area contributed by atoms with Gasteiger partial charge in [-0.1, -0.05) is 30.3 Å². The van der Waals surface area contributed by atoms with Crippen LogP contribution >= 0.6 is 0 Å². The number of aromatic nitrogens is 1. The molecule has 0 radical (unpaired) electrons. The number of benzene rings is 1. The van der Waals surface area contributed by atoms with Gasteiger partial charge in [-0.25, -0.2) is 0 Å². The van der Waals surface area contributed by atoms with E-state index in [9.17, 15) is 9.59 Å². The normalized spacial score (nSPS) is 13.7. The van der Waals surface area contributed by atoms with Gasteiger partial charge in [0.1, 0.15) is 0 Å². The third-order valence-corrected chi connectivity index (χ3v) is 4.51. The molecule has 0 unspecified atom stereocenters. The Morgan fingerprint density at radius 3 is 2.44 bits per heavy atom. The molecule has 0 aliphatic carbocycles. The van der Waals surface area contributed by atoms with Crippen LogP contribution in [0.5, 0.6) is 0 Å². The van der Waals surface area contributed by atoms with Gasteiger partial charge in [-0.2, -0.15) is 0 Å². The van der Waals surface area contributed by atoms with Crippen LogP contribution in [-0.2, 0) is 6.54 Å². The van der Waals surface area contributed by atoms with Crippen LogP contribution in [0.2, 0.25) is 0 Å². The van der Waals surface area contributed by atoms with Gasteiger partial charge in [0, 0.05) is 38.6 Å². The van der Waals surface area contributed by atoms with Crippen molar-refractivity contribution in [2.45, 2.75) is 26.3 Å². The minimum atomic E-state index is -0.102. The van der Waals surface area contributed by atoms with Crippen molar-refractivity contribution in [1.29, 1.82) is 0 Å². The number of likely N-dealkylation sites (tertiary alicyclic amines) is 1. The summed E-state index contributed by atoms with van der Waals surface area (Å²) in [5.74, 6) is -0.138. The highest BCUT2D eigenvalue weighted by atomic mass is 16.2. The molecule has 2 heterocycles. The monoisotopic (exact) mass is 337 g/mol. The van der Waals surface area contributed by atoms with E-state index >= 15 is 0 Å². The second-order valence-corrected chi connectivity index (χ2v) is 6.27. The Morgan fingerprint density at radius 1 is 1.08 bits per heavy atom. The van der Waals surface area contributed by atoms with E-state index in [4.69, 9.17) is 0 Å². The highest BCUT2D eigenvalue weighted by molar-refractivity contribution is 5.99. The van der Waals surface area contributed by atoms with Gasteiger partial charge in [0.15, 0.2) is 0 Å². The average molecular weight is 337 g/mol. The summed E-state index contributed by atoms with van der Waals surface area (Å²) >= 11 is 0. The molecule has 2 aromatic rings. The van der Waals surface area contributed by atoms with Gasteiger partial charge in [-0.3, -0.25) is 14.6 Å². The van der Waals surface area contributed by atoms with Gasteiger partial charge < -0.3 is 9.80 Å². The van der Waals surface area contributed by atoms with Crippen molar-refractivity contribution in [1.82, 2.24) is 14.8 Å². The summed E-state index contributed by atoms with van der Waals surface area (Å²) in [6.45, 7) is 4.66.